The van der Waals surface area contributed by atoms with Crippen LogP contribution in [0.3, 0.4) is 0 Å². The zero-order valence-electron chi connectivity index (χ0n) is 9.27. The third kappa shape index (κ3) is 2.36. The average molecular weight is 234 g/mol. The molecule has 0 bridgehead atoms. The van der Waals surface area contributed by atoms with Crippen molar-refractivity contribution in [1.82, 2.24) is 0 Å². The molecule has 17 heavy (non-hydrogen) atoms. The molecule has 0 aliphatic rings. The molecule has 2 rings (SSSR count). The smallest absolute Gasteiger partial charge is 0.174 e. The third-order valence-corrected chi connectivity index (χ3v) is 2.42. The number of ketones is 1. The van der Waals surface area contributed by atoms with Crippen LogP contribution in [0.4, 0.5) is 4.39 Å². The van der Waals surface area contributed by atoms with Crippen LogP contribution >= 0.6 is 0 Å². The second kappa shape index (κ2) is 4.82. The van der Waals surface area contributed by atoms with E-state index in [1.54, 1.807) is 12.1 Å². The van der Waals surface area contributed by atoms with Crippen LogP contribution < -0.4 is 4.74 Å². The van der Waals surface area contributed by atoms with Crippen molar-refractivity contribution < 1.29 is 18.3 Å². The first-order valence-corrected chi connectivity index (χ1v) is 5.09. The fourth-order valence-electron chi connectivity index (χ4n) is 1.61. The van der Waals surface area contributed by atoms with Crippen molar-refractivity contribution in [2.45, 2.75) is 6.42 Å². The van der Waals surface area contributed by atoms with Crippen molar-refractivity contribution >= 4 is 5.78 Å². The SMILES string of the molecule is COc1cccc(F)c1C(=O)Cc1ccoc1. The second-order valence-corrected chi connectivity index (χ2v) is 3.55. The minimum atomic E-state index is -0.571. The van der Waals surface area contributed by atoms with E-state index in [9.17, 15) is 9.18 Å². The quantitative estimate of drug-likeness (QED) is 0.763. The van der Waals surface area contributed by atoms with Crippen molar-refractivity contribution in [3.63, 3.8) is 0 Å². The van der Waals surface area contributed by atoms with Gasteiger partial charge in [0.1, 0.15) is 11.6 Å². The highest BCUT2D eigenvalue weighted by atomic mass is 19.1. The van der Waals surface area contributed by atoms with E-state index in [0.717, 1.165) is 0 Å². The van der Waals surface area contributed by atoms with E-state index in [4.69, 9.17) is 9.15 Å². The van der Waals surface area contributed by atoms with Gasteiger partial charge in [-0.25, -0.2) is 4.39 Å². The summed E-state index contributed by atoms with van der Waals surface area (Å²) in [5.41, 5.74) is 0.691. The van der Waals surface area contributed by atoms with Crippen molar-refractivity contribution in [2.75, 3.05) is 7.11 Å². The Morgan fingerprint density at radius 3 is 2.88 bits per heavy atom. The predicted molar refractivity (Wildman–Crippen MR) is 59.7 cm³/mol. The maximum Gasteiger partial charge on any atom is 0.174 e. The molecule has 0 spiro atoms. The first-order valence-electron chi connectivity index (χ1n) is 5.09. The largest absolute Gasteiger partial charge is 0.496 e. The molecular formula is C13H11FO3. The molecule has 2 aromatic rings. The monoisotopic (exact) mass is 234 g/mol. The summed E-state index contributed by atoms with van der Waals surface area (Å²) < 4.78 is 23.4. The number of benzene rings is 1. The Labute approximate surface area is 97.8 Å². The number of methoxy groups -OCH3 is 1. The lowest BCUT2D eigenvalue weighted by molar-refractivity contribution is 0.0985. The number of Topliss-reactive ketones (excluding diaryl/α,β-unsaturated/α-hetero) is 1. The molecule has 0 aliphatic carbocycles. The number of halogens is 1. The van der Waals surface area contributed by atoms with Crippen LogP contribution in [0.25, 0.3) is 0 Å². The van der Waals surface area contributed by atoms with Crippen molar-refractivity contribution in [3.05, 3.63) is 53.7 Å². The molecule has 3 nitrogen and oxygen atoms in total. The van der Waals surface area contributed by atoms with Gasteiger partial charge in [0.15, 0.2) is 5.78 Å². The first kappa shape index (κ1) is 11.4. The van der Waals surface area contributed by atoms with Gasteiger partial charge in [0.25, 0.3) is 0 Å². The normalized spacial score (nSPS) is 10.2. The highest BCUT2D eigenvalue weighted by Gasteiger charge is 2.17. The molecule has 1 heterocycles. The molecule has 88 valence electrons. The average Bonchev–Trinajstić information content (AvgIpc) is 2.81. The van der Waals surface area contributed by atoms with Crippen LogP contribution in [0.1, 0.15) is 15.9 Å². The van der Waals surface area contributed by atoms with Crippen molar-refractivity contribution in [3.8, 4) is 5.75 Å². The molecule has 0 atom stereocenters. The van der Waals surface area contributed by atoms with Gasteiger partial charge in [-0.05, 0) is 23.8 Å². The number of hydrogen-bond acceptors (Lipinski definition) is 3. The fourth-order valence-corrected chi connectivity index (χ4v) is 1.61. The molecular weight excluding hydrogens is 223 g/mol. The Morgan fingerprint density at radius 1 is 1.41 bits per heavy atom. The van der Waals surface area contributed by atoms with Crippen LogP contribution in [-0.2, 0) is 6.42 Å². The van der Waals surface area contributed by atoms with E-state index in [1.165, 1.54) is 31.8 Å². The van der Waals surface area contributed by atoms with Crippen molar-refractivity contribution in [2.24, 2.45) is 0 Å². The number of carbonyl (C=O) groups excluding carboxylic acids is 1. The van der Waals surface area contributed by atoms with Crippen molar-refractivity contribution in [1.29, 1.82) is 0 Å². The summed E-state index contributed by atoms with van der Waals surface area (Å²) in [4.78, 5) is 12.0. The molecule has 4 heteroatoms. The second-order valence-electron chi connectivity index (χ2n) is 3.55. The lowest BCUT2D eigenvalue weighted by Gasteiger charge is -2.07. The summed E-state index contributed by atoms with van der Waals surface area (Å²) in [7, 11) is 1.41. The number of hydrogen-bond donors (Lipinski definition) is 0. The van der Waals surface area contributed by atoms with Gasteiger partial charge in [-0.3, -0.25) is 4.79 Å². The van der Waals surface area contributed by atoms with E-state index in [2.05, 4.69) is 0 Å². The van der Waals surface area contributed by atoms with E-state index >= 15 is 0 Å². The summed E-state index contributed by atoms with van der Waals surface area (Å²) in [6.45, 7) is 0. The molecule has 0 radical (unpaired) electrons. The van der Waals surface area contributed by atoms with Gasteiger partial charge >= 0.3 is 0 Å². The van der Waals surface area contributed by atoms with Crippen LogP contribution in [0, 0.1) is 5.82 Å². The van der Waals surface area contributed by atoms with Gasteiger partial charge in [0.05, 0.1) is 25.2 Å². The van der Waals surface area contributed by atoms with E-state index in [-0.39, 0.29) is 23.5 Å². The summed E-state index contributed by atoms with van der Waals surface area (Å²) in [6, 6.07) is 5.98. The highest BCUT2D eigenvalue weighted by molar-refractivity contribution is 6.00. The number of ether oxygens (including phenoxy) is 1. The molecule has 0 amide bonds. The molecule has 1 aromatic carbocycles. The van der Waals surface area contributed by atoms with Crippen LogP contribution in [0.5, 0.6) is 5.75 Å². The maximum absolute atomic E-state index is 13.6. The highest BCUT2D eigenvalue weighted by Crippen LogP contribution is 2.23. The lowest BCUT2D eigenvalue weighted by Crippen LogP contribution is -2.08. The van der Waals surface area contributed by atoms with Gasteiger partial charge < -0.3 is 9.15 Å². The summed E-state index contributed by atoms with van der Waals surface area (Å²) in [5.74, 6) is -0.655. The Kier molecular flexibility index (Phi) is 3.23. The molecule has 1 aromatic heterocycles. The number of carbonyl (C=O) groups is 1. The van der Waals surface area contributed by atoms with Crippen LogP contribution in [0.15, 0.2) is 41.2 Å². The minimum absolute atomic E-state index is 0.0174. The van der Waals surface area contributed by atoms with E-state index < -0.39 is 5.82 Å². The topological polar surface area (TPSA) is 39.4 Å². The fraction of sp³-hybridized carbons (Fsp3) is 0.154. The van der Waals surface area contributed by atoms with E-state index in [0.29, 0.717) is 5.56 Å². The van der Waals surface area contributed by atoms with Crippen LogP contribution in [0.2, 0.25) is 0 Å². The Hall–Kier alpha value is -2.10. The Balaban J connectivity index is 2.30. The first-order chi connectivity index (χ1) is 8.22. The Morgan fingerprint density at radius 2 is 2.24 bits per heavy atom. The van der Waals surface area contributed by atoms with E-state index in [1.807, 2.05) is 0 Å². The van der Waals surface area contributed by atoms with Gasteiger partial charge in [0.2, 0.25) is 0 Å². The molecule has 0 N–H and O–H groups in total. The summed E-state index contributed by atoms with van der Waals surface area (Å²) in [6.07, 6.45) is 3.03. The number of furan rings is 1. The van der Waals surface area contributed by atoms with Crippen LogP contribution in [-0.4, -0.2) is 12.9 Å². The molecule has 0 saturated heterocycles. The van der Waals surface area contributed by atoms with Gasteiger partial charge in [-0.1, -0.05) is 6.07 Å². The molecule has 0 aliphatic heterocycles. The molecule has 0 fully saturated rings. The summed E-state index contributed by atoms with van der Waals surface area (Å²) >= 11 is 0. The molecule has 0 unspecified atom stereocenters. The maximum atomic E-state index is 13.6. The third-order valence-electron chi connectivity index (χ3n) is 2.42. The minimum Gasteiger partial charge on any atom is -0.496 e. The van der Waals surface area contributed by atoms with Gasteiger partial charge in [-0.15, -0.1) is 0 Å². The predicted octanol–water partition coefficient (Wildman–Crippen LogP) is 2.85. The molecule has 0 saturated carbocycles. The van der Waals surface area contributed by atoms with Gasteiger partial charge in [-0.2, -0.15) is 0 Å². The standard InChI is InChI=1S/C13H11FO3/c1-16-12-4-2-3-10(14)13(12)11(15)7-9-5-6-17-8-9/h2-6,8H,7H2,1H3. The van der Waals surface area contributed by atoms with Gasteiger partial charge in [0, 0.05) is 6.42 Å². The number of rotatable bonds is 4. The zero-order chi connectivity index (χ0) is 12.3. The lowest BCUT2D eigenvalue weighted by atomic mass is 10.0. The summed E-state index contributed by atoms with van der Waals surface area (Å²) in [5, 5.41) is 0. The Bertz CT molecular complexity index is 517. The zero-order valence-corrected chi connectivity index (χ0v) is 9.27.